The second kappa shape index (κ2) is 7.78. The minimum absolute atomic E-state index is 0.566. The van der Waals surface area contributed by atoms with Gasteiger partial charge in [0.05, 0.1) is 17.2 Å². The number of benzene rings is 3. The second-order valence-corrected chi connectivity index (χ2v) is 9.53. The van der Waals surface area contributed by atoms with E-state index < -0.39 is 0 Å². The van der Waals surface area contributed by atoms with Crippen molar-refractivity contribution in [2.75, 3.05) is 0 Å². The molecule has 0 N–H and O–H groups in total. The maximum absolute atomic E-state index is 10.1. The molecule has 5 heteroatoms. The van der Waals surface area contributed by atoms with Crippen LogP contribution in [0.2, 0.25) is 0 Å². The molecule has 3 aromatic carbocycles. The summed E-state index contributed by atoms with van der Waals surface area (Å²) in [5.74, 6) is 0. The van der Waals surface area contributed by atoms with E-state index >= 15 is 0 Å². The van der Waals surface area contributed by atoms with Gasteiger partial charge in [-0.3, -0.25) is 0 Å². The lowest BCUT2D eigenvalue weighted by atomic mass is 9.95. The molecule has 0 atom stereocenters. The van der Waals surface area contributed by atoms with E-state index in [-0.39, 0.29) is 0 Å². The van der Waals surface area contributed by atoms with Crippen molar-refractivity contribution >= 4 is 44.0 Å². The van der Waals surface area contributed by atoms with Crippen LogP contribution in [0, 0.1) is 25.2 Å². The molecule has 0 saturated carbocycles. The molecule has 0 spiro atoms. The number of hydrogen-bond acceptors (Lipinski definition) is 4. The van der Waals surface area contributed by atoms with Crippen molar-refractivity contribution in [1.29, 1.82) is 5.26 Å². The second-order valence-electron chi connectivity index (χ2n) is 9.53. The normalized spacial score (nSPS) is 11.6. The zero-order valence-corrected chi connectivity index (χ0v) is 20.7. The summed E-state index contributed by atoms with van der Waals surface area (Å²) in [7, 11) is 2.04. The summed E-state index contributed by atoms with van der Waals surface area (Å²) in [6.45, 7) is 4.05. The average molecular weight is 481 g/mol. The first-order chi connectivity index (χ1) is 18.0. The number of nitriles is 1. The molecule has 0 aliphatic carbocycles. The van der Waals surface area contributed by atoms with Crippen molar-refractivity contribution in [2.24, 2.45) is 7.05 Å². The molecular weight excluding hydrogens is 458 g/mol. The van der Waals surface area contributed by atoms with Crippen molar-refractivity contribution in [1.82, 2.24) is 4.98 Å². The molecule has 0 unspecified atom stereocenters. The molecule has 7 aromatic rings. The number of nitrogens with zero attached hydrogens (tertiary/aromatic N) is 3. The molecule has 176 valence electrons. The van der Waals surface area contributed by atoms with E-state index in [4.69, 9.17) is 8.83 Å². The first-order valence-electron chi connectivity index (χ1n) is 12.2. The highest BCUT2D eigenvalue weighted by Gasteiger charge is 2.23. The Balaban J connectivity index is 1.56. The summed E-state index contributed by atoms with van der Waals surface area (Å²) in [4.78, 5) is 4.54. The van der Waals surface area contributed by atoms with E-state index in [2.05, 4.69) is 46.8 Å². The minimum Gasteiger partial charge on any atom is -0.454 e. The van der Waals surface area contributed by atoms with Crippen LogP contribution in [-0.4, -0.2) is 4.98 Å². The molecule has 0 amide bonds. The molecule has 4 aromatic heterocycles. The monoisotopic (exact) mass is 480 g/mol. The third-order valence-corrected chi connectivity index (χ3v) is 7.21. The van der Waals surface area contributed by atoms with E-state index in [1.807, 2.05) is 68.7 Å². The summed E-state index contributed by atoms with van der Waals surface area (Å²) in [5, 5.41) is 14.0. The van der Waals surface area contributed by atoms with Gasteiger partial charge < -0.3 is 8.83 Å². The molecule has 0 saturated heterocycles. The first-order valence-corrected chi connectivity index (χ1v) is 12.2. The predicted octanol–water partition coefficient (Wildman–Crippen LogP) is 7.53. The molecule has 37 heavy (non-hydrogen) atoms. The summed E-state index contributed by atoms with van der Waals surface area (Å²) < 4.78 is 14.8. The molecular formula is C32H22N3O2+. The number of aryl methyl sites for hydroxylation is 3. The van der Waals surface area contributed by atoms with E-state index in [1.54, 1.807) is 0 Å². The van der Waals surface area contributed by atoms with Crippen molar-refractivity contribution in [3.05, 3.63) is 95.8 Å². The summed E-state index contributed by atoms with van der Waals surface area (Å²) in [6, 6.07) is 26.7. The molecule has 5 nitrogen and oxygen atoms in total. The molecule has 7 rings (SSSR count). The first kappa shape index (κ1) is 21.3. The Bertz CT molecular complexity index is 2090. The molecule has 0 bridgehead atoms. The topological polar surface area (TPSA) is 66.8 Å². The van der Waals surface area contributed by atoms with Crippen LogP contribution in [0.25, 0.3) is 66.4 Å². The Hall–Kier alpha value is -4.95. The van der Waals surface area contributed by atoms with Gasteiger partial charge in [0.2, 0.25) is 11.4 Å². The number of furan rings is 2. The molecule has 0 aliphatic rings. The van der Waals surface area contributed by atoms with Crippen LogP contribution in [0.4, 0.5) is 0 Å². The smallest absolute Gasteiger partial charge is 0.227 e. The fourth-order valence-electron chi connectivity index (χ4n) is 5.39. The van der Waals surface area contributed by atoms with E-state index in [0.717, 1.165) is 66.4 Å². The third-order valence-electron chi connectivity index (χ3n) is 7.21. The summed E-state index contributed by atoms with van der Waals surface area (Å²) in [6.07, 6.45) is 2.04. The van der Waals surface area contributed by atoms with Crippen LogP contribution in [0.5, 0.6) is 0 Å². The summed E-state index contributed by atoms with van der Waals surface area (Å²) >= 11 is 0. The van der Waals surface area contributed by atoms with Crippen molar-refractivity contribution in [3.8, 4) is 28.5 Å². The number of fused-ring (bicyclic) bond motifs is 6. The van der Waals surface area contributed by atoms with Gasteiger partial charge in [0.1, 0.15) is 23.8 Å². The van der Waals surface area contributed by atoms with Gasteiger partial charge in [-0.25, -0.2) is 9.55 Å². The van der Waals surface area contributed by atoms with Crippen LogP contribution in [0.1, 0.15) is 16.8 Å². The van der Waals surface area contributed by atoms with Gasteiger partial charge in [0, 0.05) is 44.9 Å². The van der Waals surface area contributed by atoms with Gasteiger partial charge in [0.15, 0.2) is 6.20 Å². The van der Waals surface area contributed by atoms with Crippen LogP contribution < -0.4 is 4.57 Å². The van der Waals surface area contributed by atoms with Gasteiger partial charge in [-0.2, -0.15) is 5.26 Å². The van der Waals surface area contributed by atoms with Crippen LogP contribution in [-0.2, 0) is 7.05 Å². The van der Waals surface area contributed by atoms with Gasteiger partial charge >= 0.3 is 0 Å². The number of pyridine rings is 2. The Morgan fingerprint density at radius 1 is 0.784 bits per heavy atom. The van der Waals surface area contributed by atoms with Gasteiger partial charge in [-0.05, 0) is 67.4 Å². The van der Waals surface area contributed by atoms with Gasteiger partial charge in [0.25, 0.3) is 0 Å². The fourth-order valence-corrected chi connectivity index (χ4v) is 5.39. The highest BCUT2D eigenvalue weighted by molar-refractivity contribution is 6.15. The zero-order valence-electron chi connectivity index (χ0n) is 20.7. The Labute approximate surface area is 212 Å². The fraction of sp³-hybridized carbons (Fsp3) is 0.0938. The maximum atomic E-state index is 10.1. The number of rotatable bonds is 2. The van der Waals surface area contributed by atoms with Crippen LogP contribution in [0.3, 0.4) is 0 Å². The predicted molar refractivity (Wildman–Crippen MR) is 145 cm³/mol. The lowest BCUT2D eigenvalue weighted by Gasteiger charge is -2.06. The third kappa shape index (κ3) is 3.09. The number of aromatic nitrogens is 2. The molecule has 0 fully saturated rings. The standard InChI is InChI=1S/C32H22N3O2/c1-18-7-11-22-23-13-9-21(17-33)29(31(23)37-30(22)28(18)26-6-4-5-15-35(26)3)20-10-14-27-25(16-20)24-12-8-19(2)34-32(24)36-27/h4-16H,1-3H3/q+1. The van der Waals surface area contributed by atoms with E-state index in [9.17, 15) is 5.26 Å². The molecule has 0 aliphatic heterocycles. The Kier molecular flexibility index (Phi) is 4.49. The van der Waals surface area contributed by atoms with Crippen molar-refractivity contribution in [2.45, 2.75) is 13.8 Å². The number of hydrogen-bond donors (Lipinski definition) is 0. The Morgan fingerprint density at radius 3 is 2.38 bits per heavy atom. The average Bonchev–Trinajstić information content (AvgIpc) is 3.45. The highest BCUT2D eigenvalue weighted by atomic mass is 16.3. The highest BCUT2D eigenvalue weighted by Crippen LogP contribution is 2.42. The van der Waals surface area contributed by atoms with Gasteiger partial charge in [-0.15, -0.1) is 0 Å². The SMILES string of the molecule is Cc1ccc2c(n1)oc1ccc(-c3c(C#N)ccc4c3oc3c(-c5cccc[n+]5C)c(C)ccc34)cc12. The maximum Gasteiger partial charge on any atom is 0.227 e. The van der Waals surface area contributed by atoms with Crippen LogP contribution >= 0.6 is 0 Å². The summed E-state index contributed by atoms with van der Waals surface area (Å²) in [5.41, 5.74) is 9.33. The lowest BCUT2D eigenvalue weighted by molar-refractivity contribution is -0.660. The zero-order chi connectivity index (χ0) is 25.3. The van der Waals surface area contributed by atoms with E-state index in [1.165, 1.54) is 0 Å². The quantitative estimate of drug-likeness (QED) is 0.240. The minimum atomic E-state index is 0.566. The van der Waals surface area contributed by atoms with Crippen molar-refractivity contribution < 1.29 is 13.4 Å². The lowest BCUT2D eigenvalue weighted by Crippen LogP contribution is -2.30. The molecule has 0 radical (unpaired) electrons. The van der Waals surface area contributed by atoms with Gasteiger partial charge in [-0.1, -0.05) is 18.2 Å². The van der Waals surface area contributed by atoms with Crippen molar-refractivity contribution in [3.63, 3.8) is 0 Å². The Morgan fingerprint density at radius 2 is 1.57 bits per heavy atom. The largest absolute Gasteiger partial charge is 0.454 e. The van der Waals surface area contributed by atoms with E-state index in [0.29, 0.717) is 16.9 Å². The molecule has 4 heterocycles. The van der Waals surface area contributed by atoms with Crippen LogP contribution in [0.15, 0.2) is 87.8 Å².